The summed E-state index contributed by atoms with van der Waals surface area (Å²) < 4.78 is 6.42. The van der Waals surface area contributed by atoms with Gasteiger partial charge in [0.15, 0.2) is 0 Å². The van der Waals surface area contributed by atoms with Crippen LogP contribution in [-0.4, -0.2) is 55.1 Å². The molecule has 0 fully saturated rings. The Bertz CT molecular complexity index is 1430. The number of carbonyl (C=O) groups excluding carboxylic acids is 1. The lowest BCUT2D eigenvalue weighted by Gasteiger charge is -2.23. The number of nitrogens with one attached hydrogen (secondary N) is 2. The van der Waals surface area contributed by atoms with Crippen molar-refractivity contribution in [3.8, 4) is 16.9 Å². The molecule has 6 nitrogen and oxygen atoms in total. The second-order valence-corrected chi connectivity index (χ2v) is 11.0. The van der Waals surface area contributed by atoms with Crippen molar-refractivity contribution in [1.29, 1.82) is 0 Å². The SMILES string of the molecule is CCCN(C)CCCCCOc1cc(C(=O)N2CC[C@H](C)Nc3ccccc32)ccc1-c1ccc2[nH]ccc2c1. The molecule has 0 aliphatic carbocycles. The molecule has 1 amide bonds. The fourth-order valence-corrected chi connectivity index (χ4v) is 5.55. The van der Waals surface area contributed by atoms with E-state index in [1.54, 1.807) is 0 Å². The summed E-state index contributed by atoms with van der Waals surface area (Å²) >= 11 is 0. The van der Waals surface area contributed by atoms with Crippen molar-refractivity contribution < 1.29 is 9.53 Å². The van der Waals surface area contributed by atoms with E-state index in [2.05, 4.69) is 60.4 Å². The first-order chi connectivity index (χ1) is 19.5. The molecular weight excluding hydrogens is 496 g/mol. The third-order valence-corrected chi connectivity index (χ3v) is 7.77. The molecule has 1 aliphatic rings. The van der Waals surface area contributed by atoms with Crippen LogP contribution in [0.25, 0.3) is 22.0 Å². The molecule has 3 aromatic carbocycles. The largest absolute Gasteiger partial charge is 0.493 e. The van der Waals surface area contributed by atoms with Gasteiger partial charge in [0, 0.05) is 35.4 Å². The van der Waals surface area contributed by atoms with Gasteiger partial charge in [-0.3, -0.25) is 4.79 Å². The molecule has 1 aromatic heterocycles. The molecule has 0 saturated carbocycles. The van der Waals surface area contributed by atoms with E-state index in [4.69, 9.17) is 4.74 Å². The minimum atomic E-state index is -0.000187. The average molecular weight is 539 g/mol. The van der Waals surface area contributed by atoms with Gasteiger partial charge in [0.25, 0.3) is 5.91 Å². The van der Waals surface area contributed by atoms with Crippen molar-refractivity contribution in [3.05, 3.63) is 78.5 Å². The predicted octanol–water partition coefficient (Wildman–Crippen LogP) is 7.58. The molecule has 2 heterocycles. The van der Waals surface area contributed by atoms with E-state index >= 15 is 0 Å². The molecule has 1 aliphatic heterocycles. The molecular formula is C34H42N4O2. The van der Waals surface area contributed by atoms with E-state index in [-0.39, 0.29) is 5.91 Å². The van der Waals surface area contributed by atoms with Crippen LogP contribution in [0.4, 0.5) is 11.4 Å². The molecule has 6 heteroatoms. The van der Waals surface area contributed by atoms with Gasteiger partial charge in [0.2, 0.25) is 0 Å². The Labute approximate surface area is 238 Å². The highest BCUT2D eigenvalue weighted by Crippen LogP contribution is 2.35. The summed E-state index contributed by atoms with van der Waals surface area (Å²) in [5, 5.41) is 4.70. The van der Waals surface area contributed by atoms with E-state index in [9.17, 15) is 4.79 Å². The normalized spacial score (nSPS) is 15.1. The van der Waals surface area contributed by atoms with Crippen LogP contribution in [0.3, 0.4) is 0 Å². The number of fused-ring (bicyclic) bond motifs is 2. The highest BCUT2D eigenvalue weighted by molar-refractivity contribution is 6.08. The molecule has 0 unspecified atom stereocenters. The average Bonchev–Trinajstić information content (AvgIpc) is 3.36. The Hall–Kier alpha value is -3.77. The number of nitrogens with zero attached hydrogens (tertiary/aromatic N) is 2. The second-order valence-electron chi connectivity index (χ2n) is 11.0. The van der Waals surface area contributed by atoms with Crippen LogP contribution >= 0.6 is 0 Å². The highest BCUT2D eigenvalue weighted by Gasteiger charge is 2.25. The van der Waals surface area contributed by atoms with Gasteiger partial charge in [-0.2, -0.15) is 0 Å². The first-order valence-corrected chi connectivity index (χ1v) is 14.7. The van der Waals surface area contributed by atoms with Gasteiger partial charge in [0.1, 0.15) is 5.75 Å². The van der Waals surface area contributed by atoms with Crippen molar-refractivity contribution in [2.24, 2.45) is 0 Å². The van der Waals surface area contributed by atoms with E-state index in [0.29, 0.717) is 24.8 Å². The van der Waals surface area contributed by atoms with E-state index in [1.165, 1.54) is 6.42 Å². The molecule has 0 spiro atoms. The second kappa shape index (κ2) is 13.1. The summed E-state index contributed by atoms with van der Waals surface area (Å²) in [5.74, 6) is 0.762. The van der Waals surface area contributed by atoms with Crippen molar-refractivity contribution in [2.75, 3.05) is 43.5 Å². The minimum absolute atomic E-state index is 0.000187. The number of H-pyrrole nitrogens is 1. The lowest BCUT2D eigenvalue weighted by atomic mass is 10.0. The number of benzene rings is 3. The minimum Gasteiger partial charge on any atom is -0.493 e. The summed E-state index contributed by atoms with van der Waals surface area (Å²) in [4.78, 5) is 21.5. The third-order valence-electron chi connectivity index (χ3n) is 7.77. The Morgan fingerprint density at radius 1 is 1.02 bits per heavy atom. The molecule has 0 bridgehead atoms. The van der Waals surface area contributed by atoms with Crippen LogP contribution in [0.1, 0.15) is 56.3 Å². The summed E-state index contributed by atoms with van der Waals surface area (Å²) in [6, 6.07) is 22.8. The standard InChI is InChI=1S/C34H42N4O2/c1-4-19-37(3)20-8-5-9-22-40-33-24-28(12-14-29(33)26-13-15-30-27(23-26)16-18-35-30)34(39)38-21-17-25(2)36-31-10-6-7-11-32(31)38/h6-7,10-16,18,23-25,35-36H,4-5,8-9,17,19-22H2,1-3H3/t25-/m0/s1. The van der Waals surface area contributed by atoms with Gasteiger partial charge in [0.05, 0.1) is 18.0 Å². The molecule has 40 heavy (non-hydrogen) atoms. The Kier molecular flexibility index (Phi) is 9.07. The maximum absolute atomic E-state index is 13.9. The van der Waals surface area contributed by atoms with Gasteiger partial charge in [-0.05, 0) is 119 Å². The quantitative estimate of drug-likeness (QED) is 0.193. The summed E-state index contributed by atoms with van der Waals surface area (Å²) in [6.07, 6.45) is 7.29. The Morgan fingerprint density at radius 3 is 2.77 bits per heavy atom. The molecule has 0 saturated heterocycles. The fraction of sp³-hybridized carbons (Fsp3) is 0.382. The molecule has 4 aromatic rings. The predicted molar refractivity (Wildman–Crippen MR) is 167 cm³/mol. The number of hydrogen-bond acceptors (Lipinski definition) is 4. The van der Waals surface area contributed by atoms with Crippen LogP contribution in [-0.2, 0) is 0 Å². The first kappa shape index (κ1) is 27.8. The van der Waals surface area contributed by atoms with Crippen LogP contribution in [0.2, 0.25) is 0 Å². The number of rotatable bonds is 11. The van der Waals surface area contributed by atoms with Crippen LogP contribution in [0.15, 0.2) is 72.9 Å². The lowest BCUT2D eigenvalue weighted by Crippen LogP contribution is -2.32. The summed E-state index contributed by atoms with van der Waals surface area (Å²) in [6.45, 7) is 7.93. The first-order valence-electron chi connectivity index (χ1n) is 14.7. The maximum Gasteiger partial charge on any atom is 0.258 e. The van der Waals surface area contributed by atoms with E-state index in [0.717, 1.165) is 77.9 Å². The number of aromatic amines is 1. The Balaban J connectivity index is 1.38. The van der Waals surface area contributed by atoms with Gasteiger partial charge in [-0.25, -0.2) is 0 Å². The number of carbonyl (C=O) groups is 1. The van der Waals surface area contributed by atoms with Gasteiger partial charge >= 0.3 is 0 Å². The van der Waals surface area contributed by atoms with Crippen molar-refractivity contribution in [2.45, 2.75) is 52.0 Å². The number of para-hydroxylation sites is 2. The van der Waals surface area contributed by atoms with E-state index < -0.39 is 0 Å². The zero-order valence-corrected chi connectivity index (χ0v) is 24.1. The van der Waals surface area contributed by atoms with Crippen LogP contribution in [0.5, 0.6) is 5.75 Å². The monoisotopic (exact) mass is 538 g/mol. The number of aromatic nitrogens is 1. The number of unbranched alkanes of at least 4 members (excludes halogenated alkanes) is 2. The topological polar surface area (TPSA) is 60.6 Å². The lowest BCUT2D eigenvalue weighted by molar-refractivity contribution is 0.0986. The number of anilines is 2. The number of ether oxygens (including phenoxy) is 1. The summed E-state index contributed by atoms with van der Waals surface area (Å²) in [7, 11) is 2.19. The Morgan fingerprint density at radius 2 is 1.90 bits per heavy atom. The number of amides is 1. The summed E-state index contributed by atoms with van der Waals surface area (Å²) in [5.41, 5.74) is 5.77. The van der Waals surface area contributed by atoms with Crippen molar-refractivity contribution >= 4 is 28.2 Å². The molecule has 5 rings (SSSR count). The van der Waals surface area contributed by atoms with Gasteiger partial charge in [-0.15, -0.1) is 0 Å². The molecule has 0 radical (unpaired) electrons. The maximum atomic E-state index is 13.9. The highest BCUT2D eigenvalue weighted by atomic mass is 16.5. The van der Waals surface area contributed by atoms with Crippen LogP contribution < -0.4 is 15.0 Å². The van der Waals surface area contributed by atoms with Crippen LogP contribution in [0, 0.1) is 0 Å². The molecule has 210 valence electrons. The van der Waals surface area contributed by atoms with E-state index in [1.807, 2.05) is 53.6 Å². The third kappa shape index (κ3) is 6.50. The zero-order chi connectivity index (χ0) is 27.9. The number of hydrogen-bond donors (Lipinski definition) is 2. The van der Waals surface area contributed by atoms with Crippen molar-refractivity contribution in [1.82, 2.24) is 9.88 Å². The van der Waals surface area contributed by atoms with Gasteiger partial charge in [-0.1, -0.05) is 25.1 Å². The molecule has 2 N–H and O–H groups in total. The smallest absolute Gasteiger partial charge is 0.258 e. The zero-order valence-electron chi connectivity index (χ0n) is 24.1. The van der Waals surface area contributed by atoms with Gasteiger partial charge < -0.3 is 24.8 Å². The van der Waals surface area contributed by atoms with Crippen molar-refractivity contribution in [3.63, 3.8) is 0 Å². The molecule has 1 atom stereocenters. The fourth-order valence-electron chi connectivity index (χ4n) is 5.55.